The van der Waals surface area contributed by atoms with E-state index in [1.807, 2.05) is 37.3 Å². The summed E-state index contributed by atoms with van der Waals surface area (Å²) in [5.41, 5.74) is 1.45. The topological polar surface area (TPSA) is 84.0 Å². The van der Waals surface area contributed by atoms with Crippen LogP contribution in [0, 0.1) is 6.92 Å². The van der Waals surface area contributed by atoms with Crippen LogP contribution in [-0.4, -0.2) is 50.8 Å². The fourth-order valence-electron chi connectivity index (χ4n) is 3.63. The Hall–Kier alpha value is -2.71. The van der Waals surface area contributed by atoms with Gasteiger partial charge in [0.2, 0.25) is 10.0 Å². The summed E-state index contributed by atoms with van der Waals surface area (Å²) in [6.45, 7) is 4.52. The van der Waals surface area contributed by atoms with Crippen LogP contribution in [0.25, 0.3) is 0 Å². The standard InChI is InChI=1S/C23H28N2O5S/c1-3-25(19-10-6-4-7-11-19)22(26)17-30-23(27)21-16-20(13-12-18(21)2)31(28,29)24-14-8-5-9-15-24/h4,6-7,10-13,16H,3,5,8-9,14-15,17H2,1-2H3. The summed E-state index contributed by atoms with van der Waals surface area (Å²) in [5.74, 6) is -1.07. The van der Waals surface area contributed by atoms with E-state index >= 15 is 0 Å². The Morgan fingerprint density at radius 2 is 1.71 bits per heavy atom. The van der Waals surface area contributed by atoms with Gasteiger partial charge in [-0.15, -0.1) is 0 Å². The number of para-hydroxylation sites is 1. The first-order chi connectivity index (χ1) is 14.8. The normalized spacial score (nSPS) is 14.8. The molecule has 1 aliphatic heterocycles. The Bertz CT molecular complexity index is 1030. The molecule has 2 aromatic rings. The Morgan fingerprint density at radius 3 is 2.35 bits per heavy atom. The number of ether oxygens (including phenoxy) is 1. The van der Waals surface area contributed by atoms with Crippen molar-refractivity contribution in [2.24, 2.45) is 0 Å². The van der Waals surface area contributed by atoms with E-state index < -0.39 is 22.6 Å². The molecule has 1 amide bonds. The Morgan fingerprint density at radius 1 is 1.03 bits per heavy atom. The predicted molar refractivity (Wildman–Crippen MR) is 119 cm³/mol. The monoisotopic (exact) mass is 444 g/mol. The largest absolute Gasteiger partial charge is 0.452 e. The van der Waals surface area contributed by atoms with Gasteiger partial charge in [-0.05, 0) is 56.5 Å². The van der Waals surface area contributed by atoms with Crippen LogP contribution in [0.3, 0.4) is 0 Å². The van der Waals surface area contributed by atoms with Crippen molar-refractivity contribution in [2.45, 2.75) is 38.0 Å². The molecule has 3 rings (SSSR count). The number of nitrogens with zero attached hydrogens (tertiary/aromatic N) is 2. The number of sulfonamides is 1. The highest BCUT2D eigenvalue weighted by molar-refractivity contribution is 7.89. The maximum atomic E-state index is 12.9. The Balaban J connectivity index is 1.73. The average molecular weight is 445 g/mol. The molecule has 0 unspecified atom stereocenters. The highest BCUT2D eigenvalue weighted by Gasteiger charge is 2.27. The minimum Gasteiger partial charge on any atom is -0.452 e. The average Bonchev–Trinajstić information content (AvgIpc) is 2.79. The molecule has 0 N–H and O–H groups in total. The zero-order chi connectivity index (χ0) is 22.4. The third-order valence-electron chi connectivity index (χ3n) is 5.39. The van der Waals surface area contributed by atoms with E-state index in [-0.39, 0.29) is 16.4 Å². The van der Waals surface area contributed by atoms with Crippen molar-refractivity contribution in [1.29, 1.82) is 0 Å². The number of rotatable bonds is 7. The van der Waals surface area contributed by atoms with Crippen LogP contribution in [0.4, 0.5) is 5.69 Å². The summed E-state index contributed by atoms with van der Waals surface area (Å²) in [6.07, 6.45) is 2.68. The van der Waals surface area contributed by atoms with E-state index in [0.717, 1.165) is 24.9 Å². The summed E-state index contributed by atoms with van der Waals surface area (Å²) < 4.78 is 32.6. The van der Waals surface area contributed by atoms with Crippen LogP contribution < -0.4 is 4.90 Å². The van der Waals surface area contributed by atoms with E-state index in [1.165, 1.54) is 21.3 Å². The molecular weight excluding hydrogens is 416 g/mol. The number of carbonyl (C=O) groups excluding carboxylic acids is 2. The van der Waals surface area contributed by atoms with E-state index in [9.17, 15) is 18.0 Å². The van der Waals surface area contributed by atoms with Gasteiger partial charge < -0.3 is 9.64 Å². The second kappa shape index (κ2) is 10.1. The summed E-state index contributed by atoms with van der Waals surface area (Å²) in [7, 11) is -3.67. The van der Waals surface area contributed by atoms with Gasteiger partial charge in [-0.25, -0.2) is 13.2 Å². The van der Waals surface area contributed by atoms with Crippen molar-refractivity contribution in [3.63, 3.8) is 0 Å². The zero-order valence-corrected chi connectivity index (χ0v) is 18.7. The number of esters is 1. The smallest absolute Gasteiger partial charge is 0.338 e. The molecule has 0 aromatic heterocycles. The number of carbonyl (C=O) groups is 2. The molecule has 1 fully saturated rings. The van der Waals surface area contributed by atoms with Gasteiger partial charge in [0.25, 0.3) is 5.91 Å². The highest BCUT2D eigenvalue weighted by atomic mass is 32.2. The molecule has 1 aliphatic rings. The minimum absolute atomic E-state index is 0.0674. The van der Waals surface area contributed by atoms with Gasteiger partial charge in [0.1, 0.15) is 0 Å². The molecule has 0 atom stereocenters. The van der Waals surface area contributed by atoms with Gasteiger partial charge in [0.15, 0.2) is 6.61 Å². The van der Waals surface area contributed by atoms with Gasteiger partial charge in [0, 0.05) is 25.3 Å². The quantitative estimate of drug-likeness (QED) is 0.612. The van der Waals surface area contributed by atoms with E-state index in [0.29, 0.717) is 25.2 Å². The molecule has 31 heavy (non-hydrogen) atoms. The van der Waals surface area contributed by atoms with Crippen molar-refractivity contribution >= 4 is 27.6 Å². The van der Waals surface area contributed by atoms with Crippen molar-refractivity contribution in [3.05, 3.63) is 59.7 Å². The molecule has 2 aromatic carbocycles. The van der Waals surface area contributed by atoms with Gasteiger partial charge in [0.05, 0.1) is 10.5 Å². The highest BCUT2D eigenvalue weighted by Crippen LogP contribution is 2.23. The number of benzene rings is 2. The van der Waals surface area contributed by atoms with Gasteiger partial charge in [-0.3, -0.25) is 4.79 Å². The third kappa shape index (κ3) is 5.32. The third-order valence-corrected chi connectivity index (χ3v) is 7.29. The van der Waals surface area contributed by atoms with E-state index in [4.69, 9.17) is 4.74 Å². The maximum Gasteiger partial charge on any atom is 0.338 e. The van der Waals surface area contributed by atoms with Crippen LogP contribution in [-0.2, 0) is 19.6 Å². The van der Waals surface area contributed by atoms with Crippen LogP contribution >= 0.6 is 0 Å². The summed E-state index contributed by atoms with van der Waals surface area (Å²) in [4.78, 5) is 26.8. The van der Waals surface area contributed by atoms with E-state index in [2.05, 4.69) is 0 Å². The molecule has 0 aliphatic carbocycles. The molecule has 7 nitrogen and oxygen atoms in total. The van der Waals surface area contributed by atoms with Crippen LogP contribution in [0.1, 0.15) is 42.1 Å². The maximum absolute atomic E-state index is 12.9. The number of likely N-dealkylation sites (N-methyl/N-ethyl adjacent to an activating group) is 1. The van der Waals surface area contributed by atoms with Gasteiger partial charge in [-0.1, -0.05) is 30.7 Å². The number of hydrogen-bond acceptors (Lipinski definition) is 5. The lowest BCUT2D eigenvalue weighted by molar-refractivity contribution is -0.121. The van der Waals surface area contributed by atoms with Crippen LogP contribution in [0.15, 0.2) is 53.4 Å². The van der Waals surface area contributed by atoms with Crippen molar-refractivity contribution in [3.8, 4) is 0 Å². The molecule has 0 spiro atoms. The first-order valence-electron chi connectivity index (χ1n) is 10.5. The Labute approximate surface area is 183 Å². The number of aryl methyl sites for hydroxylation is 1. The summed E-state index contributed by atoms with van der Waals surface area (Å²) in [5, 5.41) is 0. The van der Waals surface area contributed by atoms with Crippen LogP contribution in [0.2, 0.25) is 0 Å². The minimum atomic E-state index is -3.67. The fraction of sp³-hybridized carbons (Fsp3) is 0.391. The number of hydrogen-bond donors (Lipinski definition) is 0. The molecule has 0 radical (unpaired) electrons. The van der Waals surface area contributed by atoms with Crippen molar-refractivity contribution in [1.82, 2.24) is 4.31 Å². The zero-order valence-electron chi connectivity index (χ0n) is 17.9. The molecule has 1 saturated heterocycles. The molecule has 0 saturated carbocycles. The second-order valence-corrected chi connectivity index (χ2v) is 9.43. The SMILES string of the molecule is CCN(C(=O)COC(=O)c1cc(S(=O)(=O)N2CCCCC2)ccc1C)c1ccccc1. The lowest BCUT2D eigenvalue weighted by atomic mass is 10.1. The summed E-state index contributed by atoms with van der Waals surface area (Å²) in [6, 6.07) is 13.6. The lowest BCUT2D eigenvalue weighted by Crippen LogP contribution is -2.36. The number of anilines is 1. The van der Waals surface area contributed by atoms with Gasteiger partial charge >= 0.3 is 5.97 Å². The number of piperidine rings is 1. The molecule has 1 heterocycles. The molecule has 166 valence electrons. The fourth-order valence-corrected chi connectivity index (χ4v) is 5.17. The van der Waals surface area contributed by atoms with Crippen molar-refractivity contribution < 1.29 is 22.7 Å². The predicted octanol–water partition coefficient (Wildman–Crippen LogP) is 3.38. The first kappa shape index (κ1) is 23.0. The Kier molecular flexibility index (Phi) is 7.46. The molecular formula is C23H28N2O5S. The van der Waals surface area contributed by atoms with Crippen LogP contribution in [0.5, 0.6) is 0 Å². The second-order valence-electron chi connectivity index (χ2n) is 7.49. The lowest BCUT2D eigenvalue weighted by Gasteiger charge is -2.26. The van der Waals surface area contributed by atoms with Gasteiger partial charge in [-0.2, -0.15) is 4.31 Å². The molecule has 0 bridgehead atoms. The molecule has 8 heteroatoms. The van der Waals surface area contributed by atoms with Crippen molar-refractivity contribution in [2.75, 3.05) is 31.1 Å². The first-order valence-corrected chi connectivity index (χ1v) is 11.9. The number of amides is 1. The summed E-state index contributed by atoms with van der Waals surface area (Å²) >= 11 is 0. The van der Waals surface area contributed by atoms with E-state index in [1.54, 1.807) is 13.0 Å².